The van der Waals surface area contributed by atoms with E-state index in [0.29, 0.717) is 5.95 Å². The zero-order chi connectivity index (χ0) is 16.9. The van der Waals surface area contributed by atoms with Gasteiger partial charge in [0.2, 0.25) is 5.95 Å². The van der Waals surface area contributed by atoms with Gasteiger partial charge in [0.15, 0.2) is 0 Å². The molecule has 3 aromatic rings. The van der Waals surface area contributed by atoms with Gasteiger partial charge in [-0.05, 0) is 37.0 Å². The maximum absolute atomic E-state index is 6.36. The molecule has 2 aliphatic rings. The number of nitrogens with two attached hydrogens (primary N) is 1. The van der Waals surface area contributed by atoms with Gasteiger partial charge in [-0.25, -0.2) is 4.98 Å². The Morgan fingerprint density at radius 3 is 2.84 bits per heavy atom. The summed E-state index contributed by atoms with van der Waals surface area (Å²) in [6.07, 6.45) is 4.58. The van der Waals surface area contributed by atoms with Crippen LogP contribution < -0.4 is 10.6 Å². The van der Waals surface area contributed by atoms with E-state index in [-0.39, 0.29) is 5.60 Å². The molecule has 0 bridgehead atoms. The molecule has 6 nitrogen and oxygen atoms in total. The second kappa shape index (κ2) is 5.46. The lowest BCUT2D eigenvalue weighted by Gasteiger charge is -2.44. The zero-order valence-electron chi connectivity index (χ0n) is 14.0. The fourth-order valence-corrected chi connectivity index (χ4v) is 4.30. The Bertz CT molecular complexity index is 926. The standard InChI is InChI=1S/C19H21N5O/c20-18-21-9-5-16(23-18)24-10-7-19(8-11-24)17-14(6-12-25-19)13-3-1-2-4-15(13)22-17/h1-5,9,22H,6-8,10-12H2,(H2,20,21,23). The van der Waals surface area contributed by atoms with Crippen molar-refractivity contribution in [2.24, 2.45) is 0 Å². The van der Waals surface area contributed by atoms with Gasteiger partial charge in [-0.2, -0.15) is 4.98 Å². The van der Waals surface area contributed by atoms with E-state index in [1.54, 1.807) is 6.20 Å². The Balaban J connectivity index is 1.47. The number of nitrogens with zero attached hydrogens (tertiary/aromatic N) is 3. The molecule has 0 saturated carbocycles. The Hall–Kier alpha value is -2.60. The van der Waals surface area contributed by atoms with Gasteiger partial charge in [0.1, 0.15) is 11.4 Å². The van der Waals surface area contributed by atoms with E-state index < -0.39 is 0 Å². The van der Waals surface area contributed by atoms with Crippen molar-refractivity contribution in [3.05, 3.63) is 47.8 Å². The van der Waals surface area contributed by atoms with E-state index in [2.05, 4.69) is 44.1 Å². The number of aromatic amines is 1. The molecular formula is C19H21N5O. The molecule has 1 fully saturated rings. The lowest BCUT2D eigenvalue weighted by atomic mass is 9.83. The quantitative estimate of drug-likeness (QED) is 0.714. The van der Waals surface area contributed by atoms with Gasteiger partial charge in [-0.1, -0.05) is 18.2 Å². The molecule has 5 rings (SSSR count). The van der Waals surface area contributed by atoms with Crippen LogP contribution in [-0.2, 0) is 16.8 Å². The highest BCUT2D eigenvalue weighted by Gasteiger charge is 2.42. The van der Waals surface area contributed by atoms with E-state index in [9.17, 15) is 0 Å². The summed E-state index contributed by atoms with van der Waals surface area (Å²) in [6, 6.07) is 10.5. The number of ether oxygens (including phenoxy) is 1. The second-order valence-corrected chi connectivity index (χ2v) is 6.88. The summed E-state index contributed by atoms with van der Waals surface area (Å²) >= 11 is 0. The first kappa shape index (κ1) is 14.7. The van der Waals surface area contributed by atoms with Gasteiger partial charge in [0.25, 0.3) is 0 Å². The Labute approximate surface area is 146 Å². The average molecular weight is 335 g/mol. The van der Waals surface area contributed by atoms with Crippen LogP contribution in [0.15, 0.2) is 36.5 Å². The predicted molar refractivity (Wildman–Crippen MR) is 97.5 cm³/mol. The number of benzene rings is 1. The van der Waals surface area contributed by atoms with Crippen molar-refractivity contribution in [2.75, 3.05) is 30.3 Å². The molecule has 0 amide bonds. The summed E-state index contributed by atoms with van der Waals surface area (Å²) in [6.45, 7) is 2.58. The summed E-state index contributed by atoms with van der Waals surface area (Å²) in [5.41, 5.74) is 9.45. The third-order valence-corrected chi connectivity index (χ3v) is 5.55. The lowest BCUT2D eigenvalue weighted by Crippen LogP contribution is -2.47. The van der Waals surface area contributed by atoms with Gasteiger partial charge in [0, 0.05) is 30.2 Å². The van der Waals surface area contributed by atoms with E-state index in [0.717, 1.165) is 44.8 Å². The molecular weight excluding hydrogens is 314 g/mol. The Morgan fingerprint density at radius 1 is 1.16 bits per heavy atom. The van der Waals surface area contributed by atoms with Crippen LogP contribution in [0.5, 0.6) is 0 Å². The third kappa shape index (κ3) is 2.28. The third-order valence-electron chi connectivity index (χ3n) is 5.55. The molecule has 1 spiro atoms. The van der Waals surface area contributed by atoms with Gasteiger partial charge in [-0.3, -0.25) is 0 Å². The van der Waals surface area contributed by atoms with Crippen LogP contribution in [0.25, 0.3) is 10.9 Å². The fraction of sp³-hybridized carbons (Fsp3) is 0.368. The number of rotatable bonds is 1. The van der Waals surface area contributed by atoms with Crippen molar-refractivity contribution in [1.29, 1.82) is 0 Å². The summed E-state index contributed by atoms with van der Waals surface area (Å²) in [4.78, 5) is 14.3. The highest BCUT2D eigenvalue weighted by atomic mass is 16.5. The minimum absolute atomic E-state index is 0.207. The number of nitrogen functional groups attached to an aromatic ring is 1. The minimum atomic E-state index is -0.207. The molecule has 1 aromatic carbocycles. The SMILES string of the molecule is Nc1nccc(N2CCC3(CC2)OCCc2c3[nH]c3ccccc23)n1. The molecule has 0 aliphatic carbocycles. The van der Waals surface area contributed by atoms with Gasteiger partial charge < -0.3 is 20.4 Å². The number of hydrogen-bond acceptors (Lipinski definition) is 5. The van der Waals surface area contributed by atoms with Crippen molar-refractivity contribution in [1.82, 2.24) is 15.0 Å². The topological polar surface area (TPSA) is 80.1 Å². The van der Waals surface area contributed by atoms with Gasteiger partial charge >= 0.3 is 0 Å². The summed E-state index contributed by atoms with van der Waals surface area (Å²) < 4.78 is 6.36. The summed E-state index contributed by atoms with van der Waals surface area (Å²) in [5.74, 6) is 1.22. The van der Waals surface area contributed by atoms with Crippen molar-refractivity contribution < 1.29 is 4.74 Å². The second-order valence-electron chi connectivity index (χ2n) is 6.88. The number of hydrogen-bond donors (Lipinski definition) is 2. The lowest BCUT2D eigenvalue weighted by molar-refractivity contribution is -0.0791. The van der Waals surface area contributed by atoms with E-state index in [1.165, 1.54) is 22.2 Å². The van der Waals surface area contributed by atoms with Crippen LogP contribution in [-0.4, -0.2) is 34.6 Å². The number of H-pyrrole nitrogens is 1. The van der Waals surface area contributed by atoms with Gasteiger partial charge in [0.05, 0.1) is 12.3 Å². The normalized spacial score (nSPS) is 19.3. The Morgan fingerprint density at radius 2 is 2.00 bits per heavy atom. The molecule has 3 N–H and O–H groups in total. The van der Waals surface area contributed by atoms with Crippen molar-refractivity contribution in [2.45, 2.75) is 24.9 Å². The first-order valence-corrected chi connectivity index (χ1v) is 8.83. The first-order chi connectivity index (χ1) is 12.3. The van der Waals surface area contributed by atoms with Crippen molar-refractivity contribution in [3.8, 4) is 0 Å². The summed E-state index contributed by atoms with van der Waals surface area (Å²) in [7, 11) is 0. The number of aromatic nitrogens is 3. The zero-order valence-corrected chi connectivity index (χ0v) is 14.0. The van der Waals surface area contributed by atoms with Crippen molar-refractivity contribution >= 4 is 22.7 Å². The Kier molecular flexibility index (Phi) is 3.21. The van der Waals surface area contributed by atoms with E-state index in [4.69, 9.17) is 10.5 Å². The number of anilines is 2. The molecule has 2 aromatic heterocycles. The molecule has 0 unspecified atom stereocenters. The molecule has 6 heteroatoms. The smallest absolute Gasteiger partial charge is 0.221 e. The maximum Gasteiger partial charge on any atom is 0.221 e. The van der Waals surface area contributed by atoms with Crippen molar-refractivity contribution in [3.63, 3.8) is 0 Å². The molecule has 1 saturated heterocycles. The monoisotopic (exact) mass is 335 g/mol. The van der Waals surface area contributed by atoms with Crippen LogP contribution in [0.2, 0.25) is 0 Å². The number of piperidine rings is 1. The molecule has 0 radical (unpaired) electrons. The number of nitrogens with one attached hydrogen (secondary N) is 1. The largest absolute Gasteiger partial charge is 0.368 e. The molecule has 0 atom stereocenters. The molecule has 25 heavy (non-hydrogen) atoms. The molecule has 2 aliphatic heterocycles. The molecule has 4 heterocycles. The maximum atomic E-state index is 6.36. The predicted octanol–water partition coefficient (Wildman–Crippen LogP) is 2.61. The first-order valence-electron chi connectivity index (χ1n) is 8.83. The summed E-state index contributed by atoms with van der Waals surface area (Å²) in [5, 5.41) is 1.34. The van der Waals surface area contributed by atoms with Crippen LogP contribution in [0.4, 0.5) is 11.8 Å². The van der Waals surface area contributed by atoms with E-state index in [1.807, 2.05) is 6.07 Å². The minimum Gasteiger partial charge on any atom is -0.368 e. The van der Waals surface area contributed by atoms with Crippen LogP contribution in [0, 0.1) is 0 Å². The number of para-hydroxylation sites is 1. The fourth-order valence-electron chi connectivity index (χ4n) is 4.30. The van der Waals surface area contributed by atoms with Crippen LogP contribution in [0.3, 0.4) is 0 Å². The highest BCUT2D eigenvalue weighted by molar-refractivity contribution is 5.85. The molecule has 128 valence electrons. The van der Waals surface area contributed by atoms with Crippen LogP contribution in [0.1, 0.15) is 24.1 Å². The van der Waals surface area contributed by atoms with Crippen LogP contribution >= 0.6 is 0 Å². The van der Waals surface area contributed by atoms with Gasteiger partial charge in [-0.15, -0.1) is 0 Å². The average Bonchev–Trinajstić information content (AvgIpc) is 3.03. The van der Waals surface area contributed by atoms with E-state index >= 15 is 0 Å². The number of fused-ring (bicyclic) bond motifs is 4. The highest BCUT2D eigenvalue weighted by Crippen LogP contribution is 2.43.